The maximum absolute atomic E-state index is 5.91. The molecule has 3 N–H and O–H groups in total. The van der Waals surface area contributed by atoms with Crippen LogP contribution in [0.4, 0.5) is 11.6 Å². The molecule has 16 heavy (non-hydrogen) atoms. The summed E-state index contributed by atoms with van der Waals surface area (Å²) in [5.41, 5.74) is 8.01. The van der Waals surface area contributed by atoms with Gasteiger partial charge in [-0.05, 0) is 18.6 Å². The standard InChI is InChI=1S/C12H16N4/c1-9(13)10-5-3-4-6-11(10)15-12-14-7-8-16(12)2/h3-9H,13H2,1-2H3,(H,14,15). The van der Waals surface area contributed by atoms with Crippen LogP contribution in [0.3, 0.4) is 0 Å². The summed E-state index contributed by atoms with van der Waals surface area (Å²) in [7, 11) is 1.95. The van der Waals surface area contributed by atoms with Crippen molar-refractivity contribution in [2.45, 2.75) is 13.0 Å². The number of hydrogen-bond donors (Lipinski definition) is 2. The molecule has 0 saturated carbocycles. The molecule has 0 saturated heterocycles. The molecule has 0 spiro atoms. The van der Waals surface area contributed by atoms with Gasteiger partial charge < -0.3 is 15.6 Å². The molecule has 1 atom stereocenters. The summed E-state index contributed by atoms with van der Waals surface area (Å²) >= 11 is 0. The van der Waals surface area contributed by atoms with Crippen LogP contribution in [0, 0.1) is 0 Å². The topological polar surface area (TPSA) is 55.9 Å². The first-order valence-electron chi connectivity index (χ1n) is 5.27. The fraction of sp³-hybridized carbons (Fsp3) is 0.250. The van der Waals surface area contributed by atoms with Gasteiger partial charge in [0.25, 0.3) is 0 Å². The van der Waals surface area contributed by atoms with Crippen LogP contribution in [0.25, 0.3) is 0 Å². The van der Waals surface area contributed by atoms with Crippen LogP contribution in [-0.2, 0) is 7.05 Å². The van der Waals surface area contributed by atoms with Crippen LogP contribution in [-0.4, -0.2) is 9.55 Å². The number of nitrogens with one attached hydrogen (secondary N) is 1. The maximum atomic E-state index is 5.91. The lowest BCUT2D eigenvalue weighted by atomic mass is 10.1. The third kappa shape index (κ3) is 2.06. The Morgan fingerprint density at radius 2 is 2.12 bits per heavy atom. The Kier molecular flexibility index (Phi) is 2.92. The van der Waals surface area contributed by atoms with Crippen molar-refractivity contribution < 1.29 is 0 Å². The van der Waals surface area contributed by atoms with E-state index in [4.69, 9.17) is 5.73 Å². The Bertz CT molecular complexity index is 473. The third-order valence-electron chi connectivity index (χ3n) is 2.52. The number of aromatic nitrogens is 2. The maximum Gasteiger partial charge on any atom is 0.207 e. The number of aryl methyl sites for hydroxylation is 1. The molecular formula is C12H16N4. The zero-order chi connectivity index (χ0) is 11.5. The molecule has 84 valence electrons. The molecule has 0 amide bonds. The minimum Gasteiger partial charge on any atom is -0.325 e. The smallest absolute Gasteiger partial charge is 0.207 e. The van der Waals surface area contributed by atoms with Crippen LogP contribution in [0.2, 0.25) is 0 Å². The van der Waals surface area contributed by atoms with Gasteiger partial charge in [-0.25, -0.2) is 4.98 Å². The van der Waals surface area contributed by atoms with E-state index in [2.05, 4.69) is 10.3 Å². The SMILES string of the molecule is CC(N)c1ccccc1Nc1nccn1C. The summed E-state index contributed by atoms with van der Waals surface area (Å²) in [6.07, 6.45) is 3.66. The van der Waals surface area contributed by atoms with Gasteiger partial charge in [0.1, 0.15) is 0 Å². The minimum atomic E-state index is 0.00367. The van der Waals surface area contributed by atoms with E-state index in [9.17, 15) is 0 Å². The molecule has 2 aromatic rings. The molecule has 4 nitrogen and oxygen atoms in total. The molecule has 0 radical (unpaired) electrons. The van der Waals surface area contributed by atoms with Crippen molar-refractivity contribution in [3.05, 3.63) is 42.2 Å². The Labute approximate surface area is 95.1 Å². The lowest BCUT2D eigenvalue weighted by molar-refractivity contribution is 0.819. The van der Waals surface area contributed by atoms with E-state index in [-0.39, 0.29) is 6.04 Å². The number of nitrogens with two attached hydrogens (primary N) is 1. The molecule has 1 aromatic carbocycles. The number of imidazole rings is 1. The highest BCUT2D eigenvalue weighted by molar-refractivity contribution is 5.59. The molecule has 2 rings (SSSR count). The number of hydrogen-bond acceptors (Lipinski definition) is 3. The fourth-order valence-electron chi connectivity index (χ4n) is 1.61. The van der Waals surface area contributed by atoms with E-state index in [1.165, 1.54) is 0 Å². The lowest BCUT2D eigenvalue weighted by Crippen LogP contribution is -2.09. The lowest BCUT2D eigenvalue weighted by Gasteiger charge is -2.13. The van der Waals surface area contributed by atoms with E-state index < -0.39 is 0 Å². The van der Waals surface area contributed by atoms with Crippen molar-refractivity contribution in [1.82, 2.24) is 9.55 Å². The first-order chi connectivity index (χ1) is 7.68. The van der Waals surface area contributed by atoms with Gasteiger partial charge in [0.2, 0.25) is 5.95 Å². The van der Waals surface area contributed by atoms with E-state index in [1.54, 1.807) is 6.20 Å². The molecule has 1 unspecified atom stereocenters. The van der Waals surface area contributed by atoms with Gasteiger partial charge in [-0.2, -0.15) is 0 Å². The zero-order valence-corrected chi connectivity index (χ0v) is 9.51. The van der Waals surface area contributed by atoms with Crippen molar-refractivity contribution in [3.8, 4) is 0 Å². The average Bonchev–Trinajstić information content (AvgIpc) is 2.65. The molecule has 0 aliphatic heterocycles. The molecule has 0 fully saturated rings. The molecule has 1 aromatic heterocycles. The average molecular weight is 216 g/mol. The largest absolute Gasteiger partial charge is 0.325 e. The molecule has 1 heterocycles. The highest BCUT2D eigenvalue weighted by Gasteiger charge is 2.07. The van der Waals surface area contributed by atoms with Crippen molar-refractivity contribution >= 4 is 11.6 Å². The van der Waals surface area contributed by atoms with Crippen LogP contribution in [0.1, 0.15) is 18.5 Å². The van der Waals surface area contributed by atoms with Gasteiger partial charge in [0, 0.05) is 31.2 Å². The van der Waals surface area contributed by atoms with Gasteiger partial charge in [-0.1, -0.05) is 18.2 Å². The molecular weight excluding hydrogens is 200 g/mol. The summed E-state index contributed by atoms with van der Waals surface area (Å²) in [5, 5.41) is 3.27. The number of rotatable bonds is 3. The second-order valence-electron chi connectivity index (χ2n) is 3.86. The second-order valence-corrected chi connectivity index (χ2v) is 3.86. The zero-order valence-electron chi connectivity index (χ0n) is 9.51. The Morgan fingerprint density at radius 3 is 2.75 bits per heavy atom. The number of nitrogens with zero attached hydrogens (tertiary/aromatic N) is 2. The normalized spacial score (nSPS) is 12.4. The van der Waals surface area contributed by atoms with Gasteiger partial charge in [-0.15, -0.1) is 0 Å². The number of anilines is 2. The molecule has 4 heteroatoms. The van der Waals surface area contributed by atoms with E-state index in [1.807, 2.05) is 49.0 Å². The highest BCUT2D eigenvalue weighted by Crippen LogP contribution is 2.23. The first kappa shape index (κ1) is 10.7. The van der Waals surface area contributed by atoms with Gasteiger partial charge in [-0.3, -0.25) is 0 Å². The summed E-state index contributed by atoms with van der Waals surface area (Å²) < 4.78 is 1.93. The third-order valence-corrected chi connectivity index (χ3v) is 2.52. The fourth-order valence-corrected chi connectivity index (χ4v) is 1.61. The Hall–Kier alpha value is -1.81. The predicted molar refractivity (Wildman–Crippen MR) is 65.5 cm³/mol. The monoisotopic (exact) mass is 216 g/mol. The van der Waals surface area contributed by atoms with Crippen molar-refractivity contribution in [2.75, 3.05) is 5.32 Å². The number of benzene rings is 1. The van der Waals surface area contributed by atoms with E-state index >= 15 is 0 Å². The summed E-state index contributed by atoms with van der Waals surface area (Å²) in [4.78, 5) is 4.22. The van der Waals surface area contributed by atoms with Crippen molar-refractivity contribution in [3.63, 3.8) is 0 Å². The number of para-hydroxylation sites is 1. The minimum absolute atomic E-state index is 0.00367. The Balaban J connectivity index is 2.31. The van der Waals surface area contributed by atoms with Gasteiger partial charge in [0.15, 0.2) is 0 Å². The summed E-state index contributed by atoms with van der Waals surface area (Å²) in [6.45, 7) is 1.97. The summed E-state index contributed by atoms with van der Waals surface area (Å²) in [5.74, 6) is 0.813. The van der Waals surface area contributed by atoms with Crippen molar-refractivity contribution in [1.29, 1.82) is 0 Å². The van der Waals surface area contributed by atoms with Gasteiger partial charge in [0.05, 0.1) is 0 Å². The molecule has 0 bridgehead atoms. The second kappa shape index (κ2) is 4.37. The van der Waals surface area contributed by atoms with Crippen LogP contribution >= 0.6 is 0 Å². The van der Waals surface area contributed by atoms with Crippen molar-refractivity contribution in [2.24, 2.45) is 12.8 Å². The summed E-state index contributed by atoms with van der Waals surface area (Å²) in [6, 6.07) is 8.01. The van der Waals surface area contributed by atoms with Crippen LogP contribution in [0.5, 0.6) is 0 Å². The molecule has 0 aliphatic carbocycles. The van der Waals surface area contributed by atoms with Gasteiger partial charge >= 0.3 is 0 Å². The first-order valence-corrected chi connectivity index (χ1v) is 5.27. The van der Waals surface area contributed by atoms with Crippen LogP contribution < -0.4 is 11.1 Å². The van der Waals surface area contributed by atoms with E-state index in [0.717, 1.165) is 17.2 Å². The molecule has 0 aliphatic rings. The Morgan fingerprint density at radius 1 is 1.38 bits per heavy atom. The predicted octanol–water partition coefficient (Wildman–Crippen LogP) is 2.18. The quantitative estimate of drug-likeness (QED) is 0.826. The highest BCUT2D eigenvalue weighted by atomic mass is 15.2. The van der Waals surface area contributed by atoms with E-state index in [0.29, 0.717) is 0 Å². The van der Waals surface area contributed by atoms with Crippen LogP contribution in [0.15, 0.2) is 36.7 Å².